The Balaban J connectivity index is 1.87. The molecule has 1 radical (unpaired) electrons. The van der Waals surface area contributed by atoms with E-state index in [1.54, 1.807) is 0 Å². The molecule has 2 aliphatic heterocycles. The highest BCUT2D eigenvalue weighted by Crippen LogP contribution is 2.22. The number of rotatable bonds is 2. The summed E-state index contributed by atoms with van der Waals surface area (Å²) in [6.07, 6.45) is 2.02. The molecule has 0 aliphatic carbocycles. The Morgan fingerprint density at radius 1 is 1.46 bits per heavy atom. The van der Waals surface area contributed by atoms with Gasteiger partial charge in [-0.3, -0.25) is 4.79 Å². The van der Waals surface area contributed by atoms with Crippen molar-refractivity contribution >= 4 is 5.78 Å². The molecule has 4 nitrogen and oxygen atoms in total. The van der Waals surface area contributed by atoms with Crippen LogP contribution in [-0.2, 0) is 14.3 Å². The first-order valence-electron chi connectivity index (χ1n) is 4.73. The number of morpholine rings is 1. The first-order valence-corrected chi connectivity index (χ1v) is 4.73. The summed E-state index contributed by atoms with van der Waals surface area (Å²) < 4.78 is 10.6. The topological polar surface area (TPSA) is 47.6 Å². The van der Waals surface area contributed by atoms with Crippen LogP contribution >= 0.6 is 0 Å². The molecule has 0 amide bonds. The number of hydrogen-bond acceptors (Lipinski definition) is 4. The highest BCUT2D eigenvalue weighted by molar-refractivity contribution is 5.94. The third-order valence-electron chi connectivity index (χ3n) is 2.32. The number of carbonyl (C=O) groups excluding carboxylic acids is 1. The molecule has 1 N–H and O–H groups in total. The van der Waals surface area contributed by atoms with Gasteiger partial charge in [0.15, 0.2) is 11.9 Å². The Morgan fingerprint density at radius 2 is 2.38 bits per heavy atom. The molecule has 2 saturated heterocycles. The predicted octanol–water partition coefficient (Wildman–Crippen LogP) is -0.114. The molecule has 4 heteroatoms. The van der Waals surface area contributed by atoms with Gasteiger partial charge in [0, 0.05) is 19.7 Å². The smallest absolute Gasteiger partial charge is 0.198 e. The normalized spacial score (nSPS) is 30.6. The van der Waals surface area contributed by atoms with Crippen LogP contribution in [0.1, 0.15) is 12.8 Å². The van der Waals surface area contributed by atoms with Crippen LogP contribution < -0.4 is 5.32 Å². The first-order chi connectivity index (χ1) is 6.38. The Labute approximate surface area is 77.6 Å². The molecule has 0 bridgehead atoms. The third-order valence-corrected chi connectivity index (χ3v) is 2.32. The SMILES string of the molecule is O=C([C]1CCCO1)C1CNCCO1. The molecule has 1 unspecified atom stereocenters. The zero-order valence-electron chi connectivity index (χ0n) is 7.54. The van der Waals surface area contributed by atoms with Gasteiger partial charge in [0.1, 0.15) is 6.10 Å². The maximum Gasteiger partial charge on any atom is 0.198 e. The summed E-state index contributed by atoms with van der Waals surface area (Å²) in [5.74, 6) is 0.0321. The van der Waals surface area contributed by atoms with Crippen molar-refractivity contribution in [3.8, 4) is 0 Å². The van der Waals surface area contributed by atoms with Crippen molar-refractivity contribution in [2.75, 3.05) is 26.3 Å². The van der Waals surface area contributed by atoms with Crippen molar-refractivity contribution in [1.82, 2.24) is 5.32 Å². The summed E-state index contributed by atoms with van der Waals surface area (Å²) in [5, 5.41) is 3.12. The molecule has 2 rings (SSSR count). The van der Waals surface area contributed by atoms with Gasteiger partial charge >= 0.3 is 0 Å². The molecule has 0 aromatic heterocycles. The van der Waals surface area contributed by atoms with E-state index in [2.05, 4.69) is 5.32 Å². The highest BCUT2D eigenvalue weighted by atomic mass is 16.5. The van der Waals surface area contributed by atoms with Gasteiger partial charge in [-0.05, 0) is 12.8 Å². The fourth-order valence-electron chi connectivity index (χ4n) is 1.61. The molecular formula is C9H14NO3. The van der Waals surface area contributed by atoms with Crippen LogP contribution in [0.3, 0.4) is 0 Å². The standard InChI is InChI=1S/C9H14NO3/c11-9(7-2-1-4-12-7)8-6-10-3-5-13-8/h8,10H,1-6H2. The minimum Gasteiger partial charge on any atom is -0.368 e. The quantitative estimate of drug-likeness (QED) is 0.650. The Kier molecular flexibility index (Phi) is 2.93. The van der Waals surface area contributed by atoms with Gasteiger partial charge in [0.2, 0.25) is 0 Å². The summed E-state index contributed by atoms with van der Waals surface area (Å²) in [5.41, 5.74) is 0. The molecule has 0 aromatic carbocycles. The molecule has 0 saturated carbocycles. The predicted molar refractivity (Wildman–Crippen MR) is 46.0 cm³/mol. The fourth-order valence-corrected chi connectivity index (χ4v) is 1.61. The van der Waals surface area contributed by atoms with E-state index in [1.165, 1.54) is 0 Å². The molecular weight excluding hydrogens is 170 g/mol. The van der Waals surface area contributed by atoms with Gasteiger partial charge in [-0.1, -0.05) is 0 Å². The lowest BCUT2D eigenvalue weighted by molar-refractivity contribution is -0.134. The lowest BCUT2D eigenvalue weighted by Crippen LogP contribution is -2.44. The molecule has 2 aliphatic rings. The maximum absolute atomic E-state index is 11.7. The molecule has 2 fully saturated rings. The zero-order valence-corrected chi connectivity index (χ0v) is 7.54. The maximum atomic E-state index is 11.7. The fraction of sp³-hybridized carbons (Fsp3) is 0.778. The minimum absolute atomic E-state index is 0.0321. The second-order valence-corrected chi connectivity index (χ2v) is 3.30. The van der Waals surface area contributed by atoms with Gasteiger partial charge in [0.25, 0.3) is 0 Å². The lowest BCUT2D eigenvalue weighted by atomic mass is 10.1. The van der Waals surface area contributed by atoms with Gasteiger partial charge in [-0.2, -0.15) is 0 Å². The minimum atomic E-state index is -0.318. The van der Waals surface area contributed by atoms with E-state index < -0.39 is 0 Å². The number of nitrogens with one attached hydrogen (secondary N) is 1. The van der Waals surface area contributed by atoms with E-state index >= 15 is 0 Å². The van der Waals surface area contributed by atoms with Crippen molar-refractivity contribution in [2.45, 2.75) is 18.9 Å². The van der Waals surface area contributed by atoms with Crippen LogP contribution in [0, 0.1) is 6.10 Å². The van der Waals surface area contributed by atoms with E-state index in [0.29, 0.717) is 25.9 Å². The summed E-state index contributed by atoms with van der Waals surface area (Å²) in [6.45, 7) is 2.75. The summed E-state index contributed by atoms with van der Waals surface area (Å²) in [4.78, 5) is 11.7. The average molecular weight is 184 g/mol. The number of ether oxygens (including phenoxy) is 2. The van der Waals surface area contributed by atoms with Gasteiger partial charge < -0.3 is 14.8 Å². The Morgan fingerprint density at radius 3 is 3.00 bits per heavy atom. The molecule has 0 spiro atoms. The summed E-state index contributed by atoms with van der Waals surface area (Å²) in [7, 11) is 0. The van der Waals surface area contributed by atoms with E-state index in [9.17, 15) is 4.79 Å². The van der Waals surface area contributed by atoms with Crippen molar-refractivity contribution < 1.29 is 14.3 Å². The average Bonchev–Trinajstić information content (AvgIpc) is 2.71. The molecule has 2 heterocycles. The van der Waals surface area contributed by atoms with Crippen molar-refractivity contribution in [2.24, 2.45) is 0 Å². The highest BCUT2D eigenvalue weighted by Gasteiger charge is 2.32. The van der Waals surface area contributed by atoms with E-state index in [4.69, 9.17) is 9.47 Å². The van der Waals surface area contributed by atoms with Crippen LogP contribution in [0.5, 0.6) is 0 Å². The number of carbonyl (C=O) groups is 1. The van der Waals surface area contributed by atoms with Crippen LogP contribution in [0.25, 0.3) is 0 Å². The third kappa shape index (κ3) is 2.07. The number of hydrogen-bond donors (Lipinski definition) is 1. The first kappa shape index (κ1) is 9.12. The van der Waals surface area contributed by atoms with Crippen LogP contribution in [-0.4, -0.2) is 38.2 Å². The van der Waals surface area contributed by atoms with Crippen molar-refractivity contribution in [3.05, 3.63) is 6.10 Å². The second-order valence-electron chi connectivity index (χ2n) is 3.30. The van der Waals surface area contributed by atoms with E-state index in [1.807, 2.05) is 0 Å². The Bertz CT molecular complexity index is 183. The van der Waals surface area contributed by atoms with Gasteiger partial charge in [0.05, 0.1) is 6.61 Å². The number of ketones is 1. The molecule has 13 heavy (non-hydrogen) atoms. The van der Waals surface area contributed by atoms with Gasteiger partial charge in [-0.15, -0.1) is 0 Å². The molecule has 73 valence electrons. The molecule has 0 aromatic rings. The Hall–Kier alpha value is -0.450. The van der Waals surface area contributed by atoms with Crippen LogP contribution in [0.2, 0.25) is 0 Å². The largest absolute Gasteiger partial charge is 0.368 e. The van der Waals surface area contributed by atoms with Gasteiger partial charge in [-0.25, -0.2) is 0 Å². The van der Waals surface area contributed by atoms with Crippen molar-refractivity contribution in [3.63, 3.8) is 0 Å². The zero-order chi connectivity index (χ0) is 9.10. The summed E-state index contributed by atoms with van der Waals surface area (Å²) in [6, 6.07) is 0. The number of Topliss-reactive ketones (excluding diaryl/α,β-unsaturated/α-hetero) is 1. The summed E-state index contributed by atoms with van der Waals surface area (Å²) >= 11 is 0. The monoisotopic (exact) mass is 184 g/mol. The second kappa shape index (κ2) is 4.17. The lowest BCUT2D eigenvalue weighted by Gasteiger charge is -2.23. The van der Waals surface area contributed by atoms with E-state index in [-0.39, 0.29) is 11.9 Å². The van der Waals surface area contributed by atoms with Crippen molar-refractivity contribution in [1.29, 1.82) is 0 Å². The van der Waals surface area contributed by atoms with E-state index in [0.717, 1.165) is 19.4 Å². The molecule has 1 atom stereocenters. The van der Waals surface area contributed by atoms with Crippen LogP contribution in [0.15, 0.2) is 0 Å². The van der Waals surface area contributed by atoms with Crippen LogP contribution in [0.4, 0.5) is 0 Å².